The highest BCUT2D eigenvalue weighted by Gasteiger charge is 2.19. The van der Waals surface area contributed by atoms with Crippen LogP contribution in [0.1, 0.15) is 17.5 Å². The van der Waals surface area contributed by atoms with Gasteiger partial charge in [0.2, 0.25) is 0 Å². The van der Waals surface area contributed by atoms with E-state index in [0.29, 0.717) is 13.2 Å². The Kier molecular flexibility index (Phi) is 8.22. The molecule has 0 bridgehead atoms. The van der Waals surface area contributed by atoms with Crippen molar-refractivity contribution in [1.82, 2.24) is 9.80 Å². The average molecular weight is 396 g/mol. The van der Waals surface area contributed by atoms with E-state index < -0.39 is 0 Å². The molecule has 0 radical (unpaired) electrons. The zero-order valence-electron chi connectivity index (χ0n) is 16.7. The van der Waals surface area contributed by atoms with E-state index in [1.54, 1.807) is 0 Å². The second-order valence-corrected chi connectivity index (χ2v) is 7.20. The molecule has 0 aromatic heterocycles. The smallest absolute Gasteiger partial charge is 0.320 e. The van der Waals surface area contributed by atoms with Gasteiger partial charge in [0.05, 0.1) is 13.1 Å². The van der Waals surface area contributed by atoms with Crippen LogP contribution in [0.5, 0.6) is 0 Å². The Morgan fingerprint density at radius 2 is 1.07 bits per heavy atom. The molecule has 0 aliphatic carbocycles. The van der Waals surface area contributed by atoms with Crippen molar-refractivity contribution in [3.8, 4) is 0 Å². The van der Waals surface area contributed by atoms with Crippen LogP contribution in [0.25, 0.3) is 0 Å². The van der Waals surface area contributed by atoms with E-state index in [-0.39, 0.29) is 25.0 Å². The standard InChI is InChI=1S/C23H28N2O4/c26-22(28-18-20-8-3-1-4-9-20)16-24-12-7-13-25(15-14-24)17-23(27)29-19-21-10-5-2-6-11-21/h1-6,8-11H,7,12-19H2. The number of hydrogen-bond donors (Lipinski definition) is 0. The summed E-state index contributed by atoms with van der Waals surface area (Å²) in [6.07, 6.45) is 0.901. The Morgan fingerprint density at radius 3 is 1.48 bits per heavy atom. The molecule has 0 N–H and O–H groups in total. The normalized spacial score (nSPS) is 15.4. The number of hydrogen-bond acceptors (Lipinski definition) is 6. The van der Waals surface area contributed by atoms with Crippen molar-refractivity contribution < 1.29 is 19.1 Å². The number of ether oxygens (including phenoxy) is 2. The summed E-state index contributed by atoms with van der Waals surface area (Å²) in [5.74, 6) is -0.436. The maximum absolute atomic E-state index is 12.1. The quantitative estimate of drug-likeness (QED) is 0.639. The van der Waals surface area contributed by atoms with Crippen LogP contribution in [0, 0.1) is 0 Å². The van der Waals surface area contributed by atoms with Crippen LogP contribution in [0.2, 0.25) is 0 Å². The molecule has 0 unspecified atom stereocenters. The van der Waals surface area contributed by atoms with Gasteiger partial charge in [-0.2, -0.15) is 0 Å². The van der Waals surface area contributed by atoms with Gasteiger partial charge in [-0.15, -0.1) is 0 Å². The molecular formula is C23H28N2O4. The number of carbonyl (C=O) groups excluding carboxylic acids is 2. The van der Waals surface area contributed by atoms with E-state index in [0.717, 1.165) is 43.7 Å². The second kappa shape index (κ2) is 11.3. The second-order valence-electron chi connectivity index (χ2n) is 7.20. The van der Waals surface area contributed by atoms with Crippen molar-refractivity contribution in [2.45, 2.75) is 19.6 Å². The highest BCUT2D eigenvalue weighted by Crippen LogP contribution is 2.06. The lowest BCUT2D eigenvalue weighted by atomic mass is 10.2. The van der Waals surface area contributed by atoms with E-state index in [2.05, 4.69) is 9.80 Å². The summed E-state index contributed by atoms with van der Waals surface area (Å²) < 4.78 is 10.7. The molecule has 1 heterocycles. The first-order valence-electron chi connectivity index (χ1n) is 10.0. The molecule has 3 rings (SSSR count). The summed E-state index contributed by atoms with van der Waals surface area (Å²) >= 11 is 0. The molecule has 1 saturated heterocycles. The van der Waals surface area contributed by atoms with E-state index in [4.69, 9.17) is 9.47 Å². The van der Waals surface area contributed by atoms with Gasteiger partial charge in [0.25, 0.3) is 0 Å². The third kappa shape index (κ3) is 7.68. The summed E-state index contributed by atoms with van der Waals surface area (Å²) in [6, 6.07) is 19.3. The van der Waals surface area contributed by atoms with Crippen molar-refractivity contribution in [3.63, 3.8) is 0 Å². The average Bonchev–Trinajstić information content (AvgIpc) is 2.97. The monoisotopic (exact) mass is 396 g/mol. The van der Waals surface area contributed by atoms with Crippen molar-refractivity contribution in [2.24, 2.45) is 0 Å². The number of rotatable bonds is 8. The SMILES string of the molecule is O=C(CN1CCCN(CC(=O)OCc2ccccc2)CC1)OCc1ccccc1. The van der Waals surface area contributed by atoms with E-state index in [1.807, 2.05) is 60.7 Å². The summed E-state index contributed by atoms with van der Waals surface area (Å²) in [5.41, 5.74) is 1.97. The molecule has 0 spiro atoms. The summed E-state index contributed by atoms with van der Waals surface area (Å²) in [4.78, 5) is 28.4. The van der Waals surface area contributed by atoms with E-state index >= 15 is 0 Å². The maximum atomic E-state index is 12.1. The molecule has 29 heavy (non-hydrogen) atoms. The first kappa shape index (κ1) is 21.0. The van der Waals surface area contributed by atoms with Crippen LogP contribution in [0.15, 0.2) is 60.7 Å². The molecule has 1 fully saturated rings. The Bertz CT molecular complexity index is 701. The number of nitrogens with zero attached hydrogens (tertiary/aromatic N) is 2. The van der Waals surface area contributed by atoms with E-state index in [9.17, 15) is 9.59 Å². The van der Waals surface area contributed by atoms with E-state index in [1.165, 1.54) is 0 Å². The summed E-state index contributed by atoms with van der Waals surface area (Å²) in [7, 11) is 0. The highest BCUT2D eigenvalue weighted by molar-refractivity contribution is 5.72. The third-order valence-corrected chi connectivity index (χ3v) is 4.87. The first-order chi connectivity index (χ1) is 14.2. The van der Waals surface area contributed by atoms with Gasteiger partial charge in [0, 0.05) is 26.2 Å². The van der Waals surface area contributed by atoms with Gasteiger partial charge in [0.15, 0.2) is 0 Å². The van der Waals surface area contributed by atoms with Crippen LogP contribution >= 0.6 is 0 Å². The third-order valence-electron chi connectivity index (χ3n) is 4.87. The topological polar surface area (TPSA) is 59.1 Å². The number of esters is 2. The largest absolute Gasteiger partial charge is 0.460 e. The van der Waals surface area contributed by atoms with Gasteiger partial charge >= 0.3 is 11.9 Å². The van der Waals surface area contributed by atoms with Gasteiger partial charge in [-0.3, -0.25) is 19.4 Å². The van der Waals surface area contributed by atoms with Crippen LogP contribution in [-0.4, -0.2) is 61.0 Å². The van der Waals surface area contributed by atoms with Crippen LogP contribution < -0.4 is 0 Å². The minimum Gasteiger partial charge on any atom is -0.460 e. The molecule has 0 atom stereocenters. The van der Waals surface area contributed by atoms with Gasteiger partial charge in [0.1, 0.15) is 13.2 Å². The Morgan fingerprint density at radius 1 is 0.655 bits per heavy atom. The fourth-order valence-electron chi connectivity index (χ4n) is 3.27. The van der Waals surface area contributed by atoms with Crippen molar-refractivity contribution in [3.05, 3.63) is 71.8 Å². The van der Waals surface area contributed by atoms with Crippen molar-refractivity contribution in [2.75, 3.05) is 39.3 Å². The Labute approximate surface area is 172 Å². The Hall–Kier alpha value is -2.70. The lowest BCUT2D eigenvalue weighted by Crippen LogP contribution is -2.36. The van der Waals surface area contributed by atoms with Crippen molar-refractivity contribution >= 4 is 11.9 Å². The molecule has 0 amide bonds. The predicted molar refractivity (Wildman–Crippen MR) is 110 cm³/mol. The Balaban J connectivity index is 1.35. The van der Waals surface area contributed by atoms with Gasteiger partial charge in [-0.25, -0.2) is 0 Å². The van der Waals surface area contributed by atoms with Crippen LogP contribution in [0.3, 0.4) is 0 Å². The van der Waals surface area contributed by atoms with Gasteiger partial charge < -0.3 is 9.47 Å². The summed E-state index contributed by atoms with van der Waals surface area (Å²) in [5, 5.41) is 0. The number of carbonyl (C=O) groups is 2. The zero-order chi connectivity index (χ0) is 20.3. The molecule has 1 aliphatic rings. The first-order valence-corrected chi connectivity index (χ1v) is 10.0. The fourth-order valence-corrected chi connectivity index (χ4v) is 3.27. The molecule has 6 heteroatoms. The van der Waals surface area contributed by atoms with Crippen LogP contribution in [-0.2, 0) is 32.3 Å². The molecule has 154 valence electrons. The minimum atomic E-state index is -0.218. The molecule has 6 nitrogen and oxygen atoms in total. The van der Waals surface area contributed by atoms with Gasteiger partial charge in [-0.1, -0.05) is 60.7 Å². The molecular weight excluding hydrogens is 368 g/mol. The van der Waals surface area contributed by atoms with Crippen molar-refractivity contribution in [1.29, 1.82) is 0 Å². The summed E-state index contributed by atoms with van der Waals surface area (Å²) in [6.45, 7) is 4.24. The predicted octanol–water partition coefficient (Wildman–Crippen LogP) is 2.48. The number of benzene rings is 2. The molecule has 1 aliphatic heterocycles. The lowest BCUT2D eigenvalue weighted by molar-refractivity contribution is -0.147. The highest BCUT2D eigenvalue weighted by atomic mass is 16.5. The molecule has 2 aromatic rings. The zero-order valence-corrected chi connectivity index (χ0v) is 16.7. The molecule has 0 saturated carbocycles. The maximum Gasteiger partial charge on any atom is 0.320 e. The molecule has 2 aromatic carbocycles. The van der Waals surface area contributed by atoms with Gasteiger partial charge in [-0.05, 0) is 17.5 Å². The lowest BCUT2D eigenvalue weighted by Gasteiger charge is -2.20. The minimum absolute atomic E-state index is 0.218. The fraction of sp³-hybridized carbons (Fsp3) is 0.391. The van der Waals surface area contributed by atoms with Crippen LogP contribution in [0.4, 0.5) is 0 Å².